The molecule has 0 aliphatic heterocycles. The minimum atomic E-state index is -0.372. The van der Waals surface area contributed by atoms with Crippen molar-refractivity contribution < 1.29 is 9.53 Å². The minimum absolute atomic E-state index is 0.315. The van der Waals surface area contributed by atoms with Crippen molar-refractivity contribution in [1.29, 1.82) is 0 Å². The van der Waals surface area contributed by atoms with Crippen LogP contribution in [0, 0.1) is 0 Å². The van der Waals surface area contributed by atoms with E-state index in [2.05, 4.69) is 20.7 Å². The molecular formula is C20H18N4O2. The van der Waals surface area contributed by atoms with Crippen molar-refractivity contribution >= 4 is 18.2 Å². The first-order valence-corrected chi connectivity index (χ1v) is 8.02. The fourth-order valence-corrected chi connectivity index (χ4v) is 2.35. The van der Waals surface area contributed by atoms with Gasteiger partial charge >= 0.3 is 0 Å². The molecule has 6 heteroatoms. The summed E-state index contributed by atoms with van der Waals surface area (Å²) in [7, 11) is 1.59. The molecule has 0 saturated carbocycles. The Morgan fingerprint density at radius 1 is 1.15 bits per heavy atom. The molecule has 0 saturated heterocycles. The van der Waals surface area contributed by atoms with Gasteiger partial charge in [-0.25, -0.2) is 5.43 Å². The average Bonchev–Trinajstić information content (AvgIpc) is 3.18. The van der Waals surface area contributed by atoms with E-state index < -0.39 is 0 Å². The van der Waals surface area contributed by atoms with Gasteiger partial charge in [0.05, 0.1) is 12.8 Å². The number of hydrazone groups is 1. The van der Waals surface area contributed by atoms with E-state index in [0.717, 1.165) is 11.1 Å². The highest BCUT2D eigenvalue weighted by atomic mass is 16.5. The second-order valence-electron chi connectivity index (χ2n) is 5.36. The Bertz CT molecular complexity index is 930. The predicted octanol–water partition coefficient (Wildman–Crippen LogP) is 3.51. The van der Waals surface area contributed by atoms with Crippen LogP contribution in [0.2, 0.25) is 0 Å². The van der Waals surface area contributed by atoms with Crippen LogP contribution >= 0.6 is 0 Å². The summed E-state index contributed by atoms with van der Waals surface area (Å²) in [5.41, 5.74) is 5.26. The molecule has 1 heterocycles. The largest absolute Gasteiger partial charge is 0.496 e. The number of aromatic amines is 1. The zero-order chi connectivity index (χ0) is 18.2. The molecule has 130 valence electrons. The second kappa shape index (κ2) is 8.43. The summed E-state index contributed by atoms with van der Waals surface area (Å²) in [5.74, 6) is 0.318. The molecule has 0 aliphatic rings. The van der Waals surface area contributed by atoms with Gasteiger partial charge in [0.1, 0.15) is 11.4 Å². The number of methoxy groups -OCH3 is 1. The van der Waals surface area contributed by atoms with Crippen LogP contribution in [0.3, 0.4) is 0 Å². The number of benzene rings is 2. The molecule has 0 bridgehead atoms. The Kier molecular flexibility index (Phi) is 5.57. The van der Waals surface area contributed by atoms with Gasteiger partial charge in [-0.1, -0.05) is 48.5 Å². The number of hydrogen-bond donors (Lipinski definition) is 2. The number of aromatic nitrogens is 2. The van der Waals surface area contributed by atoms with Crippen molar-refractivity contribution in [2.45, 2.75) is 0 Å². The van der Waals surface area contributed by atoms with Crippen LogP contribution in [0.25, 0.3) is 17.3 Å². The first-order chi connectivity index (χ1) is 12.8. The maximum Gasteiger partial charge on any atom is 0.289 e. The Labute approximate surface area is 151 Å². The van der Waals surface area contributed by atoms with Crippen molar-refractivity contribution in [2.75, 3.05) is 7.11 Å². The van der Waals surface area contributed by atoms with Gasteiger partial charge in [0.15, 0.2) is 0 Å². The molecule has 6 nitrogen and oxygen atoms in total. The molecule has 0 fully saturated rings. The van der Waals surface area contributed by atoms with Gasteiger partial charge in [0.25, 0.3) is 5.91 Å². The number of hydrogen-bond acceptors (Lipinski definition) is 4. The highest BCUT2D eigenvalue weighted by Crippen LogP contribution is 2.28. The molecule has 0 unspecified atom stereocenters. The number of H-pyrrole nitrogens is 1. The van der Waals surface area contributed by atoms with Gasteiger partial charge in [0.2, 0.25) is 0 Å². The van der Waals surface area contributed by atoms with Crippen LogP contribution in [0.1, 0.15) is 16.1 Å². The normalized spacial score (nSPS) is 11.1. The number of rotatable bonds is 6. The highest BCUT2D eigenvalue weighted by Gasteiger charge is 2.12. The minimum Gasteiger partial charge on any atom is -0.496 e. The lowest BCUT2D eigenvalue weighted by Crippen LogP contribution is -2.17. The van der Waals surface area contributed by atoms with E-state index >= 15 is 0 Å². The summed E-state index contributed by atoms with van der Waals surface area (Å²) in [6.07, 6.45) is 5.16. The molecular weight excluding hydrogens is 328 g/mol. The lowest BCUT2D eigenvalue weighted by Gasteiger charge is -2.04. The van der Waals surface area contributed by atoms with Crippen molar-refractivity contribution in [3.05, 3.63) is 78.0 Å². The van der Waals surface area contributed by atoms with Crippen LogP contribution in [-0.4, -0.2) is 29.4 Å². The number of para-hydroxylation sites is 1. The van der Waals surface area contributed by atoms with E-state index in [1.807, 2.05) is 60.7 Å². The summed E-state index contributed by atoms with van der Waals surface area (Å²) in [6.45, 7) is 0. The molecule has 3 aromatic rings. The van der Waals surface area contributed by atoms with Crippen molar-refractivity contribution in [1.82, 2.24) is 15.6 Å². The van der Waals surface area contributed by atoms with E-state index in [0.29, 0.717) is 17.1 Å². The third-order valence-corrected chi connectivity index (χ3v) is 3.62. The zero-order valence-electron chi connectivity index (χ0n) is 14.2. The number of ether oxygens (including phenoxy) is 1. The number of carbonyl (C=O) groups is 1. The molecule has 26 heavy (non-hydrogen) atoms. The molecule has 0 aliphatic carbocycles. The maximum absolute atomic E-state index is 12.1. The van der Waals surface area contributed by atoms with Gasteiger partial charge in [-0.15, -0.1) is 0 Å². The SMILES string of the molecule is COc1ccccc1-c1cc(C(=O)N/N=C\C=C\c2ccccc2)[nH]n1. The van der Waals surface area contributed by atoms with E-state index in [-0.39, 0.29) is 5.91 Å². The number of nitrogens with zero attached hydrogens (tertiary/aromatic N) is 2. The highest BCUT2D eigenvalue weighted by molar-refractivity contribution is 5.94. The number of amides is 1. The van der Waals surface area contributed by atoms with Crippen LogP contribution < -0.4 is 10.2 Å². The quantitative estimate of drug-likeness (QED) is 0.529. The zero-order valence-corrected chi connectivity index (χ0v) is 14.2. The monoisotopic (exact) mass is 346 g/mol. The second-order valence-corrected chi connectivity index (χ2v) is 5.36. The summed E-state index contributed by atoms with van der Waals surface area (Å²) < 4.78 is 5.31. The maximum atomic E-state index is 12.1. The van der Waals surface area contributed by atoms with E-state index in [9.17, 15) is 4.79 Å². The third-order valence-electron chi connectivity index (χ3n) is 3.62. The Morgan fingerprint density at radius 2 is 1.92 bits per heavy atom. The van der Waals surface area contributed by atoms with Crippen molar-refractivity contribution in [2.24, 2.45) is 5.10 Å². The van der Waals surface area contributed by atoms with Gasteiger partial charge in [-0.2, -0.15) is 10.2 Å². The Balaban J connectivity index is 1.61. The van der Waals surface area contributed by atoms with Crippen molar-refractivity contribution in [3.63, 3.8) is 0 Å². The lowest BCUT2D eigenvalue weighted by atomic mass is 10.1. The summed E-state index contributed by atoms with van der Waals surface area (Å²) >= 11 is 0. The molecule has 1 amide bonds. The molecule has 0 spiro atoms. The van der Waals surface area contributed by atoms with E-state index in [4.69, 9.17) is 4.74 Å². The van der Waals surface area contributed by atoms with E-state index in [1.165, 1.54) is 6.21 Å². The molecule has 3 rings (SSSR count). The lowest BCUT2D eigenvalue weighted by molar-refractivity contribution is 0.0950. The van der Waals surface area contributed by atoms with Crippen LogP contribution in [0.5, 0.6) is 5.75 Å². The van der Waals surface area contributed by atoms with Crippen molar-refractivity contribution in [3.8, 4) is 17.0 Å². The molecule has 0 atom stereocenters. The number of carbonyl (C=O) groups excluding carboxylic acids is 1. The van der Waals surface area contributed by atoms with Gasteiger partial charge in [0, 0.05) is 11.8 Å². The predicted molar refractivity (Wildman–Crippen MR) is 102 cm³/mol. The number of allylic oxidation sites excluding steroid dienone is 1. The smallest absolute Gasteiger partial charge is 0.289 e. The fraction of sp³-hybridized carbons (Fsp3) is 0.0500. The van der Waals surface area contributed by atoms with Crippen LogP contribution in [-0.2, 0) is 0 Å². The summed E-state index contributed by atoms with van der Waals surface area (Å²) in [5, 5.41) is 10.8. The van der Waals surface area contributed by atoms with Crippen LogP contribution in [0.15, 0.2) is 71.8 Å². The van der Waals surface area contributed by atoms with Gasteiger partial charge < -0.3 is 4.74 Å². The first kappa shape index (κ1) is 17.2. The summed E-state index contributed by atoms with van der Waals surface area (Å²) in [4.78, 5) is 12.1. The topological polar surface area (TPSA) is 79.4 Å². The Hall–Kier alpha value is -3.67. The van der Waals surface area contributed by atoms with Crippen LogP contribution in [0.4, 0.5) is 0 Å². The van der Waals surface area contributed by atoms with E-state index in [1.54, 1.807) is 19.3 Å². The molecule has 2 N–H and O–H groups in total. The first-order valence-electron chi connectivity index (χ1n) is 8.02. The molecule has 0 radical (unpaired) electrons. The standard InChI is InChI=1S/C20H18N4O2/c1-26-19-12-6-5-11-16(19)17-14-18(23-22-17)20(25)24-21-13-7-10-15-8-3-2-4-9-15/h2-14H,1H3,(H,22,23)(H,24,25)/b10-7+,21-13-. The molecule has 2 aromatic carbocycles. The van der Waals surface area contributed by atoms with Gasteiger partial charge in [-0.3, -0.25) is 9.89 Å². The average molecular weight is 346 g/mol. The third kappa shape index (κ3) is 4.24. The summed E-state index contributed by atoms with van der Waals surface area (Å²) in [6, 6.07) is 19.0. The fourth-order valence-electron chi connectivity index (χ4n) is 2.35. The Morgan fingerprint density at radius 3 is 2.73 bits per heavy atom. The molecule has 1 aromatic heterocycles. The number of nitrogens with one attached hydrogen (secondary N) is 2. The van der Waals surface area contributed by atoms with Gasteiger partial charge in [-0.05, 0) is 29.8 Å².